The molecule has 0 radical (unpaired) electrons. The number of hydrogen-bond acceptors (Lipinski definition) is 5. The molecule has 0 bridgehead atoms. The van der Waals surface area contributed by atoms with Crippen molar-refractivity contribution >= 4 is 17.7 Å². The predicted octanol–water partition coefficient (Wildman–Crippen LogP) is 3.73. The van der Waals surface area contributed by atoms with Gasteiger partial charge in [-0.3, -0.25) is 9.89 Å². The molecule has 9 heteroatoms. The number of aromatic nitrogens is 3. The van der Waals surface area contributed by atoms with Gasteiger partial charge in [-0.25, -0.2) is 13.8 Å². The number of ether oxygens (including phenoxy) is 1. The highest BCUT2D eigenvalue weighted by molar-refractivity contribution is 7.99. The van der Waals surface area contributed by atoms with Crippen LogP contribution in [0.2, 0.25) is 0 Å². The molecule has 1 aromatic heterocycles. The number of thioether (sulfide) groups is 1. The van der Waals surface area contributed by atoms with Crippen LogP contribution in [0.15, 0.2) is 47.6 Å². The van der Waals surface area contributed by atoms with Gasteiger partial charge in [0.05, 0.1) is 18.9 Å². The molecule has 0 unspecified atom stereocenters. The summed E-state index contributed by atoms with van der Waals surface area (Å²) in [5, 5.41) is 10.00. The maximum absolute atomic E-state index is 13.8. The molecule has 0 saturated carbocycles. The number of carbonyl (C=O) groups excluding carboxylic acids is 1. The van der Waals surface area contributed by atoms with Crippen molar-refractivity contribution in [2.45, 2.75) is 18.1 Å². The third-order valence-corrected chi connectivity index (χ3v) is 4.81. The Kier molecular flexibility index (Phi) is 6.25. The van der Waals surface area contributed by atoms with Crippen molar-refractivity contribution in [1.29, 1.82) is 0 Å². The molecule has 0 aliphatic rings. The minimum absolute atomic E-state index is 0.0626. The molecule has 2 N–H and O–H groups in total. The summed E-state index contributed by atoms with van der Waals surface area (Å²) in [7, 11) is 1.59. The number of aromatic amines is 1. The summed E-state index contributed by atoms with van der Waals surface area (Å²) >= 11 is 1.15. The van der Waals surface area contributed by atoms with Crippen LogP contribution in [0.1, 0.15) is 18.5 Å². The summed E-state index contributed by atoms with van der Waals surface area (Å²) in [6, 6.07) is 10.0. The first-order valence-electron chi connectivity index (χ1n) is 8.40. The third kappa shape index (κ3) is 4.86. The van der Waals surface area contributed by atoms with Gasteiger partial charge in [0.25, 0.3) is 0 Å². The standard InChI is InChI=1S/C19H18F2N4O2S/c1-11(15-8-5-13(20)9-16(15)21)22-17(26)10-28-19-23-18(24-25-19)12-3-6-14(27-2)7-4-12/h3-9,11H,10H2,1-2H3,(H,22,26)(H,23,24,25)/t11-/m1/s1. The van der Waals surface area contributed by atoms with Crippen molar-refractivity contribution in [3.05, 3.63) is 59.7 Å². The Labute approximate surface area is 164 Å². The maximum atomic E-state index is 13.8. The van der Waals surface area contributed by atoms with E-state index < -0.39 is 17.7 Å². The first-order valence-corrected chi connectivity index (χ1v) is 9.38. The van der Waals surface area contributed by atoms with Gasteiger partial charge in [-0.15, -0.1) is 5.10 Å². The van der Waals surface area contributed by atoms with Crippen LogP contribution in [-0.2, 0) is 4.79 Å². The highest BCUT2D eigenvalue weighted by atomic mass is 32.2. The molecule has 6 nitrogen and oxygen atoms in total. The lowest BCUT2D eigenvalue weighted by atomic mass is 10.1. The minimum atomic E-state index is -0.696. The fourth-order valence-corrected chi connectivity index (χ4v) is 3.14. The van der Waals surface area contributed by atoms with Gasteiger partial charge in [0, 0.05) is 17.2 Å². The summed E-state index contributed by atoms with van der Waals surface area (Å²) in [5.41, 5.74) is 1.06. The molecule has 3 aromatic rings. The van der Waals surface area contributed by atoms with Crippen LogP contribution in [0.25, 0.3) is 11.4 Å². The molecule has 0 aliphatic carbocycles. The first kappa shape index (κ1) is 19.8. The number of methoxy groups -OCH3 is 1. The Hall–Kier alpha value is -2.94. The van der Waals surface area contributed by atoms with E-state index in [1.807, 2.05) is 24.3 Å². The minimum Gasteiger partial charge on any atom is -0.497 e. The third-order valence-electron chi connectivity index (χ3n) is 3.97. The molecule has 146 valence electrons. The zero-order valence-electron chi connectivity index (χ0n) is 15.2. The van der Waals surface area contributed by atoms with E-state index in [9.17, 15) is 13.6 Å². The van der Waals surface area contributed by atoms with E-state index in [0.29, 0.717) is 11.0 Å². The summed E-state index contributed by atoms with van der Waals surface area (Å²) in [6.45, 7) is 1.63. The van der Waals surface area contributed by atoms with Crippen molar-refractivity contribution in [2.24, 2.45) is 0 Å². The smallest absolute Gasteiger partial charge is 0.230 e. The van der Waals surface area contributed by atoms with Crippen LogP contribution in [-0.4, -0.2) is 34.0 Å². The Morgan fingerprint density at radius 1 is 1.25 bits per heavy atom. The van der Waals surface area contributed by atoms with Gasteiger partial charge in [0.2, 0.25) is 11.1 Å². The lowest BCUT2D eigenvalue weighted by Gasteiger charge is -2.14. The number of benzene rings is 2. The number of nitrogens with zero attached hydrogens (tertiary/aromatic N) is 2. The van der Waals surface area contributed by atoms with Crippen LogP contribution in [0.4, 0.5) is 8.78 Å². The summed E-state index contributed by atoms with van der Waals surface area (Å²) in [4.78, 5) is 16.5. The zero-order valence-corrected chi connectivity index (χ0v) is 16.0. The summed E-state index contributed by atoms with van der Waals surface area (Å²) < 4.78 is 31.9. The second kappa shape index (κ2) is 8.83. The molecule has 1 heterocycles. The Morgan fingerprint density at radius 3 is 2.68 bits per heavy atom. The van der Waals surface area contributed by atoms with E-state index in [0.717, 1.165) is 35.2 Å². The fourth-order valence-electron chi connectivity index (χ4n) is 2.53. The van der Waals surface area contributed by atoms with Gasteiger partial charge in [0.1, 0.15) is 17.4 Å². The lowest BCUT2D eigenvalue weighted by Crippen LogP contribution is -2.28. The van der Waals surface area contributed by atoms with E-state index >= 15 is 0 Å². The van der Waals surface area contributed by atoms with E-state index in [1.54, 1.807) is 14.0 Å². The molecule has 0 fully saturated rings. The number of H-pyrrole nitrogens is 1. The maximum Gasteiger partial charge on any atom is 0.230 e. The molecule has 0 spiro atoms. The topological polar surface area (TPSA) is 79.9 Å². The quantitative estimate of drug-likeness (QED) is 0.587. The van der Waals surface area contributed by atoms with Crippen molar-refractivity contribution < 1.29 is 18.3 Å². The average Bonchev–Trinajstić information content (AvgIpc) is 3.15. The highest BCUT2D eigenvalue weighted by Crippen LogP contribution is 2.22. The molecule has 1 amide bonds. The van der Waals surface area contributed by atoms with Crippen LogP contribution >= 0.6 is 11.8 Å². The number of carbonyl (C=O) groups is 1. The lowest BCUT2D eigenvalue weighted by molar-refractivity contribution is -0.119. The van der Waals surface area contributed by atoms with Crippen LogP contribution in [0.5, 0.6) is 5.75 Å². The molecule has 0 aliphatic heterocycles. The predicted molar refractivity (Wildman–Crippen MR) is 102 cm³/mol. The normalized spacial score (nSPS) is 11.9. The number of halogens is 2. The van der Waals surface area contributed by atoms with Crippen LogP contribution in [0.3, 0.4) is 0 Å². The second-order valence-electron chi connectivity index (χ2n) is 5.94. The number of amides is 1. The Balaban J connectivity index is 1.55. The monoisotopic (exact) mass is 404 g/mol. The van der Waals surface area contributed by atoms with Crippen LogP contribution in [0, 0.1) is 11.6 Å². The summed E-state index contributed by atoms with van der Waals surface area (Å²) in [6.07, 6.45) is 0. The summed E-state index contributed by atoms with van der Waals surface area (Å²) in [5.74, 6) is -0.288. The van der Waals surface area contributed by atoms with E-state index in [4.69, 9.17) is 4.74 Å². The van der Waals surface area contributed by atoms with E-state index in [1.165, 1.54) is 6.07 Å². The zero-order chi connectivity index (χ0) is 20.1. The molecule has 0 saturated heterocycles. The first-order chi connectivity index (χ1) is 13.5. The number of nitrogens with one attached hydrogen (secondary N) is 2. The van der Waals surface area contributed by atoms with Gasteiger partial charge in [-0.05, 0) is 37.3 Å². The van der Waals surface area contributed by atoms with E-state index in [2.05, 4.69) is 20.5 Å². The van der Waals surface area contributed by atoms with Crippen molar-refractivity contribution in [1.82, 2.24) is 20.5 Å². The number of rotatable bonds is 7. The van der Waals surface area contributed by atoms with Gasteiger partial charge >= 0.3 is 0 Å². The fraction of sp³-hybridized carbons (Fsp3) is 0.211. The highest BCUT2D eigenvalue weighted by Gasteiger charge is 2.15. The van der Waals surface area contributed by atoms with Crippen molar-refractivity contribution in [3.8, 4) is 17.1 Å². The van der Waals surface area contributed by atoms with Crippen LogP contribution < -0.4 is 10.1 Å². The molecule has 3 rings (SSSR count). The molecular formula is C19H18F2N4O2S. The van der Waals surface area contributed by atoms with Gasteiger partial charge in [0.15, 0.2) is 5.82 Å². The SMILES string of the molecule is COc1ccc(-c2nc(SCC(=O)N[C@H](C)c3ccc(F)cc3F)n[nH]2)cc1. The molecule has 28 heavy (non-hydrogen) atoms. The average molecular weight is 404 g/mol. The molecular weight excluding hydrogens is 386 g/mol. The van der Waals surface area contributed by atoms with Crippen molar-refractivity contribution in [2.75, 3.05) is 12.9 Å². The van der Waals surface area contributed by atoms with E-state index in [-0.39, 0.29) is 17.2 Å². The van der Waals surface area contributed by atoms with Crippen molar-refractivity contribution in [3.63, 3.8) is 0 Å². The number of hydrogen-bond donors (Lipinski definition) is 2. The van der Waals surface area contributed by atoms with Gasteiger partial charge in [-0.1, -0.05) is 17.8 Å². The van der Waals surface area contributed by atoms with Gasteiger partial charge < -0.3 is 10.1 Å². The molecule has 1 atom stereocenters. The van der Waals surface area contributed by atoms with Gasteiger partial charge in [-0.2, -0.15) is 0 Å². The molecule has 2 aromatic carbocycles. The largest absolute Gasteiger partial charge is 0.497 e. The Morgan fingerprint density at radius 2 is 2.00 bits per heavy atom. The second-order valence-corrected chi connectivity index (χ2v) is 6.88. The Bertz CT molecular complexity index is 963.